The first kappa shape index (κ1) is 19.6. The van der Waals surface area contributed by atoms with E-state index in [2.05, 4.69) is 104 Å². The van der Waals surface area contributed by atoms with Crippen LogP contribution in [0.1, 0.15) is 26.2 Å². The van der Waals surface area contributed by atoms with Crippen molar-refractivity contribution in [2.75, 3.05) is 0 Å². The predicted molar refractivity (Wildman–Crippen MR) is 131 cm³/mol. The van der Waals surface area contributed by atoms with Crippen LogP contribution >= 0.6 is 0 Å². The largest absolute Gasteiger partial charge is 0.0805 e. The molecule has 9 unspecified atom stereocenters. The van der Waals surface area contributed by atoms with E-state index in [0.717, 1.165) is 17.8 Å². The minimum atomic E-state index is 0.694. The number of rotatable bonds is 5. The van der Waals surface area contributed by atoms with Crippen molar-refractivity contribution in [3.63, 3.8) is 0 Å². The van der Waals surface area contributed by atoms with Gasteiger partial charge in [0.1, 0.15) is 0 Å². The molecule has 0 saturated heterocycles. The van der Waals surface area contributed by atoms with Crippen molar-refractivity contribution in [2.45, 2.75) is 26.2 Å². The SMILES string of the molecule is CCCC(CC1C2C=CC=CC2C2C=CC=CC21)C1C2C=CC=CC2C2C=CC=CC21. The molecular weight excluding hydrogens is 372 g/mol. The lowest BCUT2D eigenvalue weighted by molar-refractivity contribution is 0.169. The van der Waals surface area contributed by atoms with Crippen LogP contribution in [-0.2, 0) is 0 Å². The maximum absolute atomic E-state index is 2.56. The maximum atomic E-state index is 2.56. The van der Waals surface area contributed by atoms with E-state index in [4.69, 9.17) is 0 Å². The van der Waals surface area contributed by atoms with E-state index >= 15 is 0 Å². The topological polar surface area (TPSA) is 0 Å². The molecule has 0 bridgehead atoms. The van der Waals surface area contributed by atoms with Crippen molar-refractivity contribution in [1.82, 2.24) is 0 Å². The molecule has 0 aromatic carbocycles. The first-order valence-electron chi connectivity index (χ1n) is 12.8. The first-order chi connectivity index (χ1) is 15.4. The van der Waals surface area contributed by atoms with Crippen molar-refractivity contribution < 1.29 is 0 Å². The fourth-order valence-electron chi connectivity index (χ4n) is 8.38. The van der Waals surface area contributed by atoms with Crippen molar-refractivity contribution >= 4 is 0 Å². The first-order valence-corrected chi connectivity index (χ1v) is 12.8. The standard InChI is InChI=1S/C31H36/c1-2-11-21(31-28-18-9-7-14-24(28)25-15-8-10-19-29(25)31)20-30-26-16-5-3-12-22(26)23-13-4-6-17-27(23)30/h3-10,12-19,21-31H,2,11,20H2,1H3. The van der Waals surface area contributed by atoms with E-state index in [-0.39, 0.29) is 0 Å². The van der Waals surface area contributed by atoms with E-state index in [9.17, 15) is 0 Å². The second kappa shape index (κ2) is 8.12. The zero-order valence-corrected chi connectivity index (χ0v) is 18.7. The van der Waals surface area contributed by atoms with Gasteiger partial charge in [0.2, 0.25) is 0 Å². The van der Waals surface area contributed by atoms with Crippen molar-refractivity contribution in [3.05, 3.63) is 97.2 Å². The Hall–Kier alpha value is -2.08. The van der Waals surface area contributed by atoms with Crippen LogP contribution in [0.5, 0.6) is 0 Å². The average molecular weight is 409 g/mol. The number of allylic oxidation sites excluding steroid dienone is 16. The van der Waals surface area contributed by atoms with Gasteiger partial charge in [-0.05, 0) is 71.5 Å². The van der Waals surface area contributed by atoms with Gasteiger partial charge in [0, 0.05) is 0 Å². The number of fused-ring (bicyclic) bond motifs is 6. The smallest absolute Gasteiger partial charge is 0.00955 e. The van der Waals surface area contributed by atoms with E-state index < -0.39 is 0 Å². The van der Waals surface area contributed by atoms with Gasteiger partial charge in [0.25, 0.3) is 0 Å². The Morgan fingerprint density at radius 1 is 0.484 bits per heavy atom. The number of hydrogen-bond acceptors (Lipinski definition) is 0. The molecule has 0 radical (unpaired) electrons. The summed E-state index contributed by atoms with van der Waals surface area (Å²) in [5, 5.41) is 0. The summed E-state index contributed by atoms with van der Waals surface area (Å²) in [7, 11) is 0. The summed E-state index contributed by atoms with van der Waals surface area (Å²) in [5.74, 6) is 7.98. The molecule has 0 spiro atoms. The molecule has 0 heterocycles. The van der Waals surface area contributed by atoms with Gasteiger partial charge in [-0.2, -0.15) is 0 Å². The molecule has 0 aromatic heterocycles. The third-order valence-corrected chi connectivity index (χ3v) is 9.43. The molecule has 0 amide bonds. The zero-order valence-electron chi connectivity index (χ0n) is 18.7. The van der Waals surface area contributed by atoms with Crippen LogP contribution in [-0.4, -0.2) is 0 Å². The molecule has 2 fully saturated rings. The minimum absolute atomic E-state index is 0.694. The van der Waals surface area contributed by atoms with Crippen molar-refractivity contribution in [1.29, 1.82) is 0 Å². The van der Waals surface area contributed by atoms with Crippen molar-refractivity contribution in [2.24, 2.45) is 65.1 Å². The third-order valence-electron chi connectivity index (χ3n) is 9.43. The molecule has 0 nitrogen and oxygen atoms in total. The summed E-state index contributed by atoms with van der Waals surface area (Å²) in [4.78, 5) is 0. The summed E-state index contributed by atoms with van der Waals surface area (Å²) < 4.78 is 0. The molecule has 2 saturated carbocycles. The van der Waals surface area contributed by atoms with Crippen LogP contribution in [0.4, 0.5) is 0 Å². The monoisotopic (exact) mass is 408 g/mol. The quantitative estimate of drug-likeness (QED) is 0.442. The molecule has 6 rings (SSSR count). The predicted octanol–water partition coefficient (Wildman–Crippen LogP) is 7.49. The van der Waals surface area contributed by atoms with Crippen LogP contribution < -0.4 is 0 Å². The Labute approximate surface area is 188 Å². The Kier molecular flexibility index (Phi) is 5.13. The van der Waals surface area contributed by atoms with Gasteiger partial charge >= 0.3 is 0 Å². The molecule has 9 atom stereocenters. The van der Waals surface area contributed by atoms with Gasteiger partial charge in [-0.1, -0.05) is 117 Å². The summed E-state index contributed by atoms with van der Waals surface area (Å²) in [5.41, 5.74) is 0. The molecule has 0 aliphatic heterocycles. The molecular formula is C31H36. The van der Waals surface area contributed by atoms with Crippen molar-refractivity contribution in [3.8, 4) is 0 Å². The van der Waals surface area contributed by atoms with Crippen LogP contribution in [0.3, 0.4) is 0 Å². The molecule has 6 aliphatic carbocycles. The van der Waals surface area contributed by atoms with Gasteiger partial charge in [-0.25, -0.2) is 0 Å². The van der Waals surface area contributed by atoms with Crippen LogP contribution in [0, 0.1) is 65.1 Å². The molecule has 6 aliphatic rings. The van der Waals surface area contributed by atoms with Gasteiger partial charge in [0.05, 0.1) is 0 Å². The second-order valence-corrected chi connectivity index (χ2v) is 10.7. The highest BCUT2D eigenvalue weighted by atomic mass is 14.6. The van der Waals surface area contributed by atoms with E-state index in [1.165, 1.54) is 19.3 Å². The lowest BCUT2D eigenvalue weighted by Gasteiger charge is -2.36. The fraction of sp³-hybridized carbons (Fsp3) is 0.484. The Bertz CT molecular complexity index is 850. The summed E-state index contributed by atoms with van der Waals surface area (Å²) >= 11 is 0. The number of hydrogen-bond donors (Lipinski definition) is 0. The minimum Gasteiger partial charge on any atom is -0.0805 e. The van der Waals surface area contributed by atoms with Crippen LogP contribution in [0.15, 0.2) is 97.2 Å². The Balaban J connectivity index is 1.33. The highest BCUT2D eigenvalue weighted by Gasteiger charge is 2.52. The van der Waals surface area contributed by atoms with E-state index in [0.29, 0.717) is 47.3 Å². The normalized spacial score (nSPS) is 46.1. The summed E-state index contributed by atoms with van der Waals surface area (Å²) in [6.45, 7) is 2.40. The Morgan fingerprint density at radius 3 is 1.26 bits per heavy atom. The third kappa shape index (κ3) is 3.17. The molecule has 0 N–H and O–H groups in total. The lowest BCUT2D eigenvalue weighted by Crippen LogP contribution is -2.30. The molecule has 0 aromatic rings. The lowest BCUT2D eigenvalue weighted by atomic mass is 9.68. The average Bonchev–Trinajstić information content (AvgIpc) is 3.32. The van der Waals surface area contributed by atoms with E-state index in [1.54, 1.807) is 0 Å². The van der Waals surface area contributed by atoms with Gasteiger partial charge in [-0.15, -0.1) is 0 Å². The molecule has 0 heteroatoms. The zero-order chi connectivity index (χ0) is 20.8. The van der Waals surface area contributed by atoms with Gasteiger partial charge in [0.15, 0.2) is 0 Å². The van der Waals surface area contributed by atoms with Crippen LogP contribution in [0.25, 0.3) is 0 Å². The van der Waals surface area contributed by atoms with Crippen LogP contribution in [0.2, 0.25) is 0 Å². The second-order valence-electron chi connectivity index (χ2n) is 10.7. The summed E-state index contributed by atoms with van der Waals surface area (Å²) in [6, 6.07) is 0. The Morgan fingerprint density at radius 2 is 0.839 bits per heavy atom. The van der Waals surface area contributed by atoms with Gasteiger partial charge in [-0.3, -0.25) is 0 Å². The van der Waals surface area contributed by atoms with Gasteiger partial charge < -0.3 is 0 Å². The highest BCUT2D eigenvalue weighted by molar-refractivity contribution is 5.31. The fourth-order valence-corrected chi connectivity index (χ4v) is 8.38. The maximum Gasteiger partial charge on any atom is -0.00955 e. The van der Waals surface area contributed by atoms with E-state index in [1.807, 2.05) is 0 Å². The molecule has 160 valence electrons. The summed E-state index contributed by atoms with van der Waals surface area (Å²) in [6.07, 6.45) is 42.8. The molecule has 31 heavy (non-hydrogen) atoms. The highest BCUT2D eigenvalue weighted by Crippen LogP contribution is 2.58.